The van der Waals surface area contributed by atoms with E-state index in [1.54, 1.807) is 13.8 Å². The number of rotatable bonds is 5. The van der Waals surface area contributed by atoms with Crippen LogP contribution in [0.3, 0.4) is 0 Å². The molecular formula is C15H22N2O4. The number of carbonyl (C=O) groups is 2. The number of aliphatic hydroxyl groups is 1. The largest absolute Gasteiger partial charge is 0.478 e. The van der Waals surface area contributed by atoms with Gasteiger partial charge in [0.05, 0.1) is 17.9 Å². The number of hydrogen-bond acceptors (Lipinski definition) is 3. The van der Waals surface area contributed by atoms with Crippen LogP contribution in [0.5, 0.6) is 0 Å². The molecule has 0 unspecified atom stereocenters. The highest BCUT2D eigenvalue weighted by atomic mass is 16.4. The topological polar surface area (TPSA) is 89.9 Å². The van der Waals surface area contributed by atoms with Gasteiger partial charge in [-0.2, -0.15) is 0 Å². The van der Waals surface area contributed by atoms with Gasteiger partial charge in [0, 0.05) is 12.6 Å². The lowest BCUT2D eigenvalue weighted by molar-refractivity contribution is 0.0698. The summed E-state index contributed by atoms with van der Waals surface area (Å²) in [5.74, 6) is -1.09. The van der Waals surface area contributed by atoms with E-state index in [0.29, 0.717) is 11.3 Å². The van der Waals surface area contributed by atoms with Gasteiger partial charge >= 0.3 is 12.0 Å². The van der Waals surface area contributed by atoms with Crippen LogP contribution < -0.4 is 5.32 Å². The number of aromatic carboxylic acids is 1. The number of aliphatic hydroxyl groups excluding tert-OH is 1. The number of benzene rings is 1. The normalized spacial score (nSPS) is 10.6. The Hall–Kier alpha value is -2.08. The Balaban J connectivity index is 3.12. The molecular weight excluding hydrogens is 272 g/mol. The minimum Gasteiger partial charge on any atom is -0.478 e. The van der Waals surface area contributed by atoms with Crippen LogP contribution in [0.1, 0.15) is 35.3 Å². The summed E-state index contributed by atoms with van der Waals surface area (Å²) >= 11 is 0. The number of anilines is 1. The van der Waals surface area contributed by atoms with Gasteiger partial charge in [-0.15, -0.1) is 0 Å². The molecule has 116 valence electrons. The molecule has 0 aliphatic carbocycles. The Bertz CT molecular complexity index is 541. The molecule has 0 aliphatic heterocycles. The highest BCUT2D eigenvalue weighted by molar-refractivity contribution is 6.01. The monoisotopic (exact) mass is 294 g/mol. The van der Waals surface area contributed by atoms with E-state index < -0.39 is 12.0 Å². The first-order chi connectivity index (χ1) is 9.77. The van der Waals surface area contributed by atoms with Gasteiger partial charge in [0.15, 0.2) is 0 Å². The molecule has 3 N–H and O–H groups in total. The van der Waals surface area contributed by atoms with Crippen molar-refractivity contribution in [1.29, 1.82) is 0 Å². The zero-order chi connectivity index (χ0) is 16.2. The predicted molar refractivity (Wildman–Crippen MR) is 80.8 cm³/mol. The molecule has 1 aromatic rings. The van der Waals surface area contributed by atoms with Crippen LogP contribution in [0.15, 0.2) is 12.1 Å². The van der Waals surface area contributed by atoms with E-state index >= 15 is 0 Å². The average molecular weight is 294 g/mol. The SMILES string of the molecule is Cc1cc(C)c(NC(=O)N(CCO)C(C)C)c(C(=O)O)c1. The quantitative estimate of drug-likeness (QED) is 0.777. The molecule has 1 rings (SSSR count). The lowest BCUT2D eigenvalue weighted by atomic mass is 10.0. The second-order valence-electron chi connectivity index (χ2n) is 5.25. The Kier molecular flexibility index (Phi) is 5.72. The lowest BCUT2D eigenvalue weighted by Crippen LogP contribution is -2.42. The Morgan fingerprint density at radius 3 is 2.38 bits per heavy atom. The summed E-state index contributed by atoms with van der Waals surface area (Å²) in [6, 6.07) is 2.81. The molecule has 6 heteroatoms. The van der Waals surface area contributed by atoms with Crippen molar-refractivity contribution in [2.24, 2.45) is 0 Å². The van der Waals surface area contributed by atoms with Gasteiger partial charge < -0.3 is 20.4 Å². The maximum absolute atomic E-state index is 12.3. The van der Waals surface area contributed by atoms with E-state index in [9.17, 15) is 14.7 Å². The molecule has 21 heavy (non-hydrogen) atoms. The number of carboxylic acid groups (broad SMARTS) is 1. The summed E-state index contributed by atoms with van der Waals surface area (Å²) < 4.78 is 0. The highest BCUT2D eigenvalue weighted by Crippen LogP contribution is 2.23. The number of urea groups is 1. The van der Waals surface area contributed by atoms with Gasteiger partial charge in [-0.1, -0.05) is 6.07 Å². The van der Waals surface area contributed by atoms with Crippen molar-refractivity contribution in [1.82, 2.24) is 4.90 Å². The van der Waals surface area contributed by atoms with Crippen molar-refractivity contribution in [3.8, 4) is 0 Å². The summed E-state index contributed by atoms with van der Waals surface area (Å²) in [5.41, 5.74) is 1.86. The van der Waals surface area contributed by atoms with Crippen molar-refractivity contribution in [3.63, 3.8) is 0 Å². The van der Waals surface area contributed by atoms with Crippen LogP contribution in [-0.2, 0) is 0 Å². The fraction of sp³-hybridized carbons (Fsp3) is 0.467. The van der Waals surface area contributed by atoms with Gasteiger partial charge in [0.25, 0.3) is 0 Å². The maximum atomic E-state index is 12.3. The van der Waals surface area contributed by atoms with Crippen LogP contribution >= 0.6 is 0 Å². The van der Waals surface area contributed by atoms with E-state index in [2.05, 4.69) is 5.32 Å². The number of nitrogens with zero attached hydrogens (tertiary/aromatic N) is 1. The second kappa shape index (κ2) is 7.08. The summed E-state index contributed by atoms with van der Waals surface area (Å²) in [6.45, 7) is 7.25. The van der Waals surface area contributed by atoms with E-state index in [1.807, 2.05) is 19.9 Å². The Labute approximate surface area is 124 Å². The molecule has 0 saturated carbocycles. The average Bonchev–Trinajstić information content (AvgIpc) is 2.37. The van der Waals surface area contributed by atoms with Gasteiger partial charge in [0.2, 0.25) is 0 Å². The third-order valence-electron chi connectivity index (χ3n) is 3.17. The van der Waals surface area contributed by atoms with Gasteiger partial charge in [-0.05, 0) is 44.9 Å². The summed E-state index contributed by atoms with van der Waals surface area (Å²) in [4.78, 5) is 25.0. The first kappa shape index (κ1) is 17.0. The zero-order valence-electron chi connectivity index (χ0n) is 12.8. The minimum absolute atomic E-state index is 0.0635. The molecule has 0 radical (unpaired) electrons. The number of carboxylic acids is 1. The van der Waals surface area contributed by atoms with Crippen LogP contribution in [-0.4, -0.2) is 46.3 Å². The molecule has 0 heterocycles. The van der Waals surface area contributed by atoms with Crippen molar-refractivity contribution in [2.45, 2.75) is 33.7 Å². The molecule has 0 spiro atoms. The molecule has 0 aliphatic rings. The molecule has 0 fully saturated rings. The molecule has 0 bridgehead atoms. The molecule has 0 saturated heterocycles. The van der Waals surface area contributed by atoms with E-state index in [4.69, 9.17) is 5.11 Å². The number of nitrogens with one attached hydrogen (secondary N) is 1. The minimum atomic E-state index is -1.09. The number of carbonyl (C=O) groups excluding carboxylic acids is 1. The predicted octanol–water partition coefficient (Wildman–Crippen LogP) is 2.24. The third-order valence-corrected chi connectivity index (χ3v) is 3.17. The molecule has 0 atom stereocenters. The Morgan fingerprint density at radius 1 is 1.29 bits per heavy atom. The summed E-state index contributed by atoms with van der Waals surface area (Å²) in [5, 5.41) is 20.9. The molecule has 2 amide bonds. The van der Waals surface area contributed by atoms with Crippen LogP contribution in [0, 0.1) is 13.8 Å². The summed E-state index contributed by atoms with van der Waals surface area (Å²) in [7, 11) is 0. The number of amides is 2. The first-order valence-electron chi connectivity index (χ1n) is 6.81. The fourth-order valence-corrected chi connectivity index (χ4v) is 2.18. The van der Waals surface area contributed by atoms with E-state index in [0.717, 1.165) is 5.56 Å². The van der Waals surface area contributed by atoms with Gasteiger partial charge in [0.1, 0.15) is 0 Å². The van der Waals surface area contributed by atoms with Crippen molar-refractivity contribution in [2.75, 3.05) is 18.5 Å². The van der Waals surface area contributed by atoms with Gasteiger partial charge in [-0.25, -0.2) is 9.59 Å². The zero-order valence-corrected chi connectivity index (χ0v) is 12.8. The third kappa shape index (κ3) is 4.19. The molecule has 6 nitrogen and oxygen atoms in total. The lowest BCUT2D eigenvalue weighted by Gasteiger charge is -2.27. The van der Waals surface area contributed by atoms with E-state index in [1.165, 1.54) is 11.0 Å². The van der Waals surface area contributed by atoms with Crippen molar-refractivity contribution in [3.05, 3.63) is 28.8 Å². The standard InChI is InChI=1S/C15H22N2O4/c1-9(2)17(5-6-18)15(21)16-13-11(4)7-10(3)8-12(13)14(19)20/h7-9,18H,5-6H2,1-4H3,(H,16,21)(H,19,20). The summed E-state index contributed by atoms with van der Waals surface area (Å²) in [6.07, 6.45) is 0. The van der Waals surface area contributed by atoms with Crippen molar-refractivity contribution < 1.29 is 19.8 Å². The fourth-order valence-electron chi connectivity index (χ4n) is 2.18. The van der Waals surface area contributed by atoms with Crippen molar-refractivity contribution >= 4 is 17.7 Å². The molecule has 1 aromatic carbocycles. The smallest absolute Gasteiger partial charge is 0.337 e. The maximum Gasteiger partial charge on any atom is 0.337 e. The van der Waals surface area contributed by atoms with Crippen LogP contribution in [0.4, 0.5) is 10.5 Å². The Morgan fingerprint density at radius 2 is 1.90 bits per heavy atom. The van der Waals surface area contributed by atoms with Gasteiger partial charge in [-0.3, -0.25) is 0 Å². The van der Waals surface area contributed by atoms with Crippen LogP contribution in [0.25, 0.3) is 0 Å². The van der Waals surface area contributed by atoms with Crippen LogP contribution in [0.2, 0.25) is 0 Å². The highest BCUT2D eigenvalue weighted by Gasteiger charge is 2.20. The number of aryl methyl sites for hydroxylation is 2. The molecule has 0 aromatic heterocycles. The second-order valence-corrected chi connectivity index (χ2v) is 5.25. The number of hydrogen-bond donors (Lipinski definition) is 3. The first-order valence-corrected chi connectivity index (χ1v) is 6.81. The van der Waals surface area contributed by atoms with E-state index in [-0.39, 0.29) is 24.8 Å².